The molecule has 0 amide bonds. The van der Waals surface area contributed by atoms with Crippen molar-refractivity contribution in [2.24, 2.45) is 5.10 Å². The SMILES string of the molecule is COC(=O)c1oc2c(c1C)/C(=N/Nc1cccc(C(F)(F)F)c1)CCC2. The van der Waals surface area contributed by atoms with Gasteiger partial charge in [-0.25, -0.2) is 4.79 Å². The molecule has 0 radical (unpaired) electrons. The lowest BCUT2D eigenvalue weighted by Gasteiger charge is -2.14. The second-order valence-corrected chi connectivity index (χ2v) is 5.95. The number of esters is 1. The summed E-state index contributed by atoms with van der Waals surface area (Å²) in [5.74, 6) is 0.201. The number of nitrogens with zero attached hydrogens (tertiary/aromatic N) is 1. The molecule has 1 aromatic carbocycles. The minimum absolute atomic E-state index is 0.131. The monoisotopic (exact) mass is 366 g/mol. The van der Waals surface area contributed by atoms with Crippen LogP contribution in [0.3, 0.4) is 0 Å². The summed E-state index contributed by atoms with van der Waals surface area (Å²) in [6.07, 6.45) is -2.36. The van der Waals surface area contributed by atoms with Crippen LogP contribution < -0.4 is 5.43 Å². The molecule has 1 aromatic heterocycles. The Labute approximate surface area is 147 Å². The molecule has 1 heterocycles. The smallest absolute Gasteiger partial charge is 0.416 e. The van der Waals surface area contributed by atoms with Crippen molar-refractivity contribution in [2.75, 3.05) is 12.5 Å². The summed E-state index contributed by atoms with van der Waals surface area (Å²) in [5.41, 5.74) is 4.14. The number of benzene rings is 1. The van der Waals surface area contributed by atoms with Crippen molar-refractivity contribution in [1.29, 1.82) is 0 Å². The molecule has 1 aliphatic carbocycles. The second kappa shape index (κ2) is 6.86. The largest absolute Gasteiger partial charge is 0.463 e. The number of halogens is 3. The van der Waals surface area contributed by atoms with E-state index in [1.165, 1.54) is 19.2 Å². The van der Waals surface area contributed by atoms with Crippen LogP contribution in [0.5, 0.6) is 0 Å². The van der Waals surface area contributed by atoms with Gasteiger partial charge in [0.2, 0.25) is 5.76 Å². The number of carbonyl (C=O) groups is 1. The van der Waals surface area contributed by atoms with E-state index in [1.807, 2.05) is 0 Å². The zero-order valence-electron chi connectivity index (χ0n) is 14.2. The summed E-state index contributed by atoms with van der Waals surface area (Å²) in [7, 11) is 1.27. The first-order valence-electron chi connectivity index (χ1n) is 8.02. The fraction of sp³-hybridized carbons (Fsp3) is 0.333. The maximum absolute atomic E-state index is 12.8. The van der Waals surface area contributed by atoms with Crippen LogP contribution in [0.1, 0.15) is 45.8 Å². The first-order chi connectivity index (χ1) is 12.3. The Hall–Kier alpha value is -2.77. The van der Waals surface area contributed by atoms with Gasteiger partial charge in [-0.1, -0.05) is 6.07 Å². The Morgan fingerprint density at radius 3 is 2.77 bits per heavy atom. The molecule has 0 spiro atoms. The number of fused-ring (bicyclic) bond motifs is 1. The molecule has 26 heavy (non-hydrogen) atoms. The third-order valence-corrected chi connectivity index (χ3v) is 4.21. The first kappa shape index (κ1) is 18.0. The van der Waals surface area contributed by atoms with Crippen molar-refractivity contribution in [3.8, 4) is 0 Å². The average Bonchev–Trinajstić information content (AvgIpc) is 2.96. The number of hydrogen-bond donors (Lipinski definition) is 1. The molecule has 8 heteroatoms. The Kier molecular flexibility index (Phi) is 4.76. The minimum atomic E-state index is -4.42. The molecule has 2 aromatic rings. The summed E-state index contributed by atoms with van der Waals surface area (Å²) >= 11 is 0. The van der Waals surface area contributed by atoms with E-state index in [0.717, 1.165) is 24.1 Å². The van der Waals surface area contributed by atoms with Gasteiger partial charge in [0.25, 0.3) is 0 Å². The zero-order chi connectivity index (χ0) is 18.9. The summed E-state index contributed by atoms with van der Waals surface area (Å²) in [6, 6.07) is 4.82. The standard InChI is InChI=1S/C18H17F3N2O3/c1-10-15-13(7-4-8-14(15)26-16(10)17(24)25-2)23-22-12-6-3-5-11(9-12)18(19,20)21/h3,5-6,9,22H,4,7-8H2,1-2H3/b23-13+. The minimum Gasteiger partial charge on any atom is -0.463 e. The van der Waals surface area contributed by atoms with Gasteiger partial charge in [0.05, 0.1) is 24.1 Å². The van der Waals surface area contributed by atoms with Gasteiger partial charge in [0.1, 0.15) is 5.76 Å². The molecule has 0 fully saturated rings. The van der Waals surface area contributed by atoms with Crippen LogP contribution in [0.2, 0.25) is 0 Å². The van der Waals surface area contributed by atoms with Gasteiger partial charge in [0.15, 0.2) is 0 Å². The molecule has 0 saturated carbocycles. The topological polar surface area (TPSA) is 63.8 Å². The summed E-state index contributed by atoms with van der Waals surface area (Å²) < 4.78 is 48.7. The highest BCUT2D eigenvalue weighted by atomic mass is 19.4. The molecule has 0 atom stereocenters. The number of methoxy groups -OCH3 is 1. The Balaban J connectivity index is 1.91. The predicted octanol–water partition coefficient (Wildman–Crippen LogP) is 4.55. The van der Waals surface area contributed by atoms with Gasteiger partial charge < -0.3 is 9.15 Å². The van der Waals surface area contributed by atoms with Crippen molar-refractivity contribution in [1.82, 2.24) is 0 Å². The van der Waals surface area contributed by atoms with Crippen molar-refractivity contribution < 1.29 is 27.1 Å². The molecule has 1 aliphatic rings. The average molecular weight is 366 g/mol. The Bertz CT molecular complexity index is 869. The second-order valence-electron chi connectivity index (χ2n) is 5.95. The number of aryl methyl sites for hydroxylation is 1. The van der Waals surface area contributed by atoms with E-state index in [1.54, 1.807) is 6.92 Å². The fourth-order valence-corrected chi connectivity index (χ4v) is 2.96. The first-order valence-corrected chi connectivity index (χ1v) is 8.02. The number of hydrogen-bond acceptors (Lipinski definition) is 5. The highest BCUT2D eigenvalue weighted by Crippen LogP contribution is 2.32. The molecule has 0 unspecified atom stereocenters. The molecule has 5 nitrogen and oxygen atoms in total. The number of alkyl halides is 3. The number of hydrazone groups is 1. The van der Waals surface area contributed by atoms with Gasteiger partial charge in [-0.05, 0) is 38.0 Å². The van der Waals surface area contributed by atoms with E-state index in [2.05, 4.69) is 10.5 Å². The Morgan fingerprint density at radius 1 is 1.31 bits per heavy atom. The van der Waals surface area contributed by atoms with Crippen molar-refractivity contribution in [3.63, 3.8) is 0 Å². The normalized spacial score (nSPS) is 15.7. The van der Waals surface area contributed by atoms with Gasteiger partial charge in [-0.3, -0.25) is 5.43 Å². The van der Waals surface area contributed by atoms with Gasteiger partial charge in [-0.15, -0.1) is 0 Å². The van der Waals surface area contributed by atoms with E-state index in [0.29, 0.717) is 29.9 Å². The van der Waals surface area contributed by atoms with E-state index in [-0.39, 0.29) is 11.4 Å². The maximum Gasteiger partial charge on any atom is 0.416 e. The van der Waals surface area contributed by atoms with Gasteiger partial charge >= 0.3 is 12.1 Å². The molecule has 0 saturated heterocycles. The lowest BCUT2D eigenvalue weighted by atomic mass is 9.93. The van der Waals surface area contributed by atoms with Gasteiger partial charge in [-0.2, -0.15) is 18.3 Å². The molecule has 3 rings (SSSR count). The van der Waals surface area contributed by atoms with Crippen LogP contribution in [0.15, 0.2) is 33.8 Å². The molecule has 138 valence electrons. The molecule has 0 bridgehead atoms. The van der Waals surface area contributed by atoms with Crippen molar-refractivity contribution in [2.45, 2.75) is 32.4 Å². The van der Waals surface area contributed by atoms with E-state index >= 15 is 0 Å². The highest BCUT2D eigenvalue weighted by molar-refractivity contribution is 6.06. The lowest BCUT2D eigenvalue weighted by Crippen LogP contribution is -2.13. The number of rotatable bonds is 3. The number of carbonyl (C=O) groups excluding carboxylic acids is 1. The van der Waals surface area contributed by atoms with Crippen molar-refractivity contribution >= 4 is 17.4 Å². The number of ether oxygens (including phenoxy) is 1. The van der Waals surface area contributed by atoms with E-state index in [9.17, 15) is 18.0 Å². The zero-order valence-corrected chi connectivity index (χ0v) is 14.2. The Morgan fingerprint density at radius 2 is 2.08 bits per heavy atom. The molecular weight excluding hydrogens is 349 g/mol. The fourth-order valence-electron chi connectivity index (χ4n) is 2.96. The number of nitrogens with one attached hydrogen (secondary N) is 1. The van der Waals surface area contributed by atoms with Crippen LogP contribution in [-0.4, -0.2) is 18.8 Å². The van der Waals surface area contributed by atoms with Crippen LogP contribution in [-0.2, 0) is 17.3 Å². The van der Waals surface area contributed by atoms with E-state index in [4.69, 9.17) is 9.15 Å². The van der Waals surface area contributed by atoms with Crippen LogP contribution in [0.4, 0.5) is 18.9 Å². The third-order valence-electron chi connectivity index (χ3n) is 4.21. The highest BCUT2D eigenvalue weighted by Gasteiger charge is 2.31. The third kappa shape index (κ3) is 3.44. The van der Waals surface area contributed by atoms with Gasteiger partial charge in [0, 0.05) is 17.5 Å². The van der Waals surface area contributed by atoms with E-state index < -0.39 is 17.7 Å². The lowest BCUT2D eigenvalue weighted by molar-refractivity contribution is -0.137. The molecular formula is C18H17F3N2O3. The quantitative estimate of drug-likeness (QED) is 0.640. The van der Waals surface area contributed by atoms with Crippen molar-refractivity contribution in [3.05, 3.63) is 52.5 Å². The maximum atomic E-state index is 12.8. The van der Waals surface area contributed by atoms with Crippen LogP contribution >= 0.6 is 0 Å². The number of anilines is 1. The summed E-state index contributed by atoms with van der Waals surface area (Å²) in [6.45, 7) is 1.74. The number of furan rings is 1. The molecule has 0 aliphatic heterocycles. The van der Waals surface area contributed by atoms with Crippen LogP contribution in [0, 0.1) is 6.92 Å². The molecule has 1 N–H and O–H groups in total. The predicted molar refractivity (Wildman–Crippen MR) is 89.3 cm³/mol. The summed E-state index contributed by atoms with van der Waals surface area (Å²) in [5, 5.41) is 4.26. The van der Waals surface area contributed by atoms with Crippen LogP contribution in [0.25, 0.3) is 0 Å². The summed E-state index contributed by atoms with van der Waals surface area (Å²) in [4.78, 5) is 11.8.